The number of aromatic nitrogens is 2. The summed E-state index contributed by atoms with van der Waals surface area (Å²) in [5.41, 5.74) is 0.755. The number of nitrogens with zero attached hydrogens (tertiary/aromatic N) is 2. The summed E-state index contributed by atoms with van der Waals surface area (Å²) in [6.07, 6.45) is 0.948. The minimum absolute atomic E-state index is 0.132. The monoisotopic (exact) mass is 279 g/mol. The predicted octanol–water partition coefficient (Wildman–Crippen LogP) is 2.68. The predicted molar refractivity (Wildman–Crippen MR) is 75.4 cm³/mol. The van der Waals surface area contributed by atoms with E-state index in [1.165, 1.54) is 23.5 Å². The first-order valence-electron chi connectivity index (χ1n) is 6.24. The summed E-state index contributed by atoms with van der Waals surface area (Å²) in [7, 11) is 0. The highest BCUT2D eigenvalue weighted by Gasteiger charge is 2.15. The molecule has 0 fully saturated rings. The maximum Gasteiger partial charge on any atom is 0.158 e. The number of rotatable bonds is 5. The van der Waals surface area contributed by atoms with Gasteiger partial charge in [-0.1, -0.05) is 25.2 Å². The molecule has 0 saturated carbocycles. The first-order chi connectivity index (χ1) is 9.15. The second kappa shape index (κ2) is 5.99. The molecule has 1 atom stereocenters. The lowest BCUT2D eigenvalue weighted by Gasteiger charge is -2.10. The van der Waals surface area contributed by atoms with E-state index in [2.05, 4.69) is 29.4 Å². The lowest BCUT2D eigenvalue weighted by molar-refractivity contribution is 0.404. The van der Waals surface area contributed by atoms with Crippen molar-refractivity contribution in [2.75, 3.05) is 6.54 Å². The molecule has 1 aromatic carbocycles. The number of aromatic hydroxyl groups is 2. The molecule has 2 rings (SSSR count). The van der Waals surface area contributed by atoms with Crippen molar-refractivity contribution in [2.24, 2.45) is 0 Å². The number of phenolic OH excluding ortho intramolecular Hbond substituents is 2. The molecule has 19 heavy (non-hydrogen) atoms. The van der Waals surface area contributed by atoms with Crippen LogP contribution in [-0.4, -0.2) is 27.0 Å². The zero-order valence-electron chi connectivity index (χ0n) is 10.9. The van der Waals surface area contributed by atoms with E-state index >= 15 is 0 Å². The third-order valence-electron chi connectivity index (χ3n) is 2.82. The van der Waals surface area contributed by atoms with E-state index in [1.807, 2.05) is 0 Å². The number of nitrogens with one attached hydrogen (secondary N) is 1. The Morgan fingerprint density at radius 1 is 1.21 bits per heavy atom. The SMILES string of the molecule is CCNC(CC)c1nnc(-c2ccc(O)c(O)c2)s1. The number of phenols is 2. The number of benzene rings is 1. The van der Waals surface area contributed by atoms with Crippen LogP contribution in [0.15, 0.2) is 18.2 Å². The van der Waals surface area contributed by atoms with Crippen LogP contribution in [-0.2, 0) is 0 Å². The van der Waals surface area contributed by atoms with Crippen LogP contribution in [0, 0.1) is 0 Å². The molecule has 0 bridgehead atoms. The molecular weight excluding hydrogens is 262 g/mol. The molecule has 3 N–H and O–H groups in total. The second-order valence-corrected chi connectivity index (χ2v) is 5.18. The Morgan fingerprint density at radius 3 is 2.63 bits per heavy atom. The van der Waals surface area contributed by atoms with Crippen molar-refractivity contribution in [1.82, 2.24) is 15.5 Å². The van der Waals surface area contributed by atoms with Gasteiger partial charge in [0.25, 0.3) is 0 Å². The first-order valence-corrected chi connectivity index (χ1v) is 7.06. The molecular formula is C13H17N3O2S. The second-order valence-electron chi connectivity index (χ2n) is 4.17. The normalized spacial score (nSPS) is 12.5. The summed E-state index contributed by atoms with van der Waals surface area (Å²) < 4.78 is 0. The minimum Gasteiger partial charge on any atom is -0.504 e. The molecule has 0 aliphatic carbocycles. The molecule has 1 aromatic heterocycles. The van der Waals surface area contributed by atoms with Gasteiger partial charge in [-0.25, -0.2) is 0 Å². The summed E-state index contributed by atoms with van der Waals surface area (Å²) in [4.78, 5) is 0. The first kappa shape index (κ1) is 13.8. The molecule has 0 saturated heterocycles. The Balaban J connectivity index is 2.27. The van der Waals surface area contributed by atoms with Crippen molar-refractivity contribution < 1.29 is 10.2 Å². The smallest absolute Gasteiger partial charge is 0.158 e. The van der Waals surface area contributed by atoms with Crippen LogP contribution >= 0.6 is 11.3 Å². The third-order valence-corrected chi connectivity index (χ3v) is 3.91. The average molecular weight is 279 g/mol. The van der Waals surface area contributed by atoms with Gasteiger partial charge in [0.05, 0.1) is 6.04 Å². The fourth-order valence-electron chi connectivity index (χ4n) is 1.80. The highest BCUT2D eigenvalue weighted by molar-refractivity contribution is 7.14. The number of hydrogen-bond acceptors (Lipinski definition) is 6. The fraction of sp³-hybridized carbons (Fsp3) is 0.385. The molecule has 5 nitrogen and oxygen atoms in total. The van der Waals surface area contributed by atoms with Crippen LogP contribution in [0.4, 0.5) is 0 Å². The van der Waals surface area contributed by atoms with E-state index < -0.39 is 0 Å². The highest BCUT2D eigenvalue weighted by Crippen LogP contribution is 2.33. The van der Waals surface area contributed by atoms with E-state index in [4.69, 9.17) is 0 Å². The summed E-state index contributed by atoms with van der Waals surface area (Å²) >= 11 is 1.50. The van der Waals surface area contributed by atoms with E-state index in [1.54, 1.807) is 6.07 Å². The van der Waals surface area contributed by atoms with Gasteiger partial charge in [0.2, 0.25) is 0 Å². The third kappa shape index (κ3) is 3.02. The van der Waals surface area contributed by atoms with Gasteiger partial charge in [-0.05, 0) is 31.2 Å². The zero-order valence-corrected chi connectivity index (χ0v) is 11.7. The fourth-order valence-corrected chi connectivity index (χ4v) is 2.80. The largest absolute Gasteiger partial charge is 0.504 e. The van der Waals surface area contributed by atoms with Gasteiger partial charge in [-0.15, -0.1) is 10.2 Å². The van der Waals surface area contributed by atoms with E-state index in [9.17, 15) is 10.2 Å². The molecule has 0 aliphatic heterocycles. The van der Waals surface area contributed by atoms with Crippen molar-refractivity contribution in [3.05, 3.63) is 23.2 Å². The Labute approximate surface area is 115 Å². The molecule has 1 unspecified atom stereocenters. The minimum atomic E-state index is -0.145. The Kier molecular flexibility index (Phi) is 4.34. The van der Waals surface area contributed by atoms with Crippen molar-refractivity contribution in [2.45, 2.75) is 26.3 Å². The van der Waals surface area contributed by atoms with Crippen LogP contribution in [0.5, 0.6) is 11.5 Å². The molecule has 6 heteroatoms. The van der Waals surface area contributed by atoms with Gasteiger partial charge in [-0.2, -0.15) is 0 Å². The Hall–Kier alpha value is -1.66. The van der Waals surface area contributed by atoms with Crippen molar-refractivity contribution in [1.29, 1.82) is 0 Å². The molecule has 102 valence electrons. The van der Waals surface area contributed by atoms with Crippen LogP contribution in [0.2, 0.25) is 0 Å². The molecule has 1 heterocycles. The van der Waals surface area contributed by atoms with Gasteiger partial charge in [0, 0.05) is 5.56 Å². The molecule has 0 spiro atoms. The summed E-state index contributed by atoms with van der Waals surface area (Å²) in [5.74, 6) is -0.277. The van der Waals surface area contributed by atoms with Crippen LogP contribution in [0.25, 0.3) is 10.6 Å². The molecule has 0 radical (unpaired) electrons. The van der Waals surface area contributed by atoms with E-state index in [0.29, 0.717) is 0 Å². The van der Waals surface area contributed by atoms with Crippen molar-refractivity contribution >= 4 is 11.3 Å². The van der Waals surface area contributed by atoms with Crippen molar-refractivity contribution in [3.8, 4) is 22.1 Å². The topological polar surface area (TPSA) is 78.3 Å². The lowest BCUT2D eigenvalue weighted by atomic mass is 10.2. The van der Waals surface area contributed by atoms with Gasteiger partial charge in [0.1, 0.15) is 10.0 Å². The van der Waals surface area contributed by atoms with Crippen molar-refractivity contribution in [3.63, 3.8) is 0 Å². The quantitative estimate of drug-likeness (QED) is 0.733. The lowest BCUT2D eigenvalue weighted by Crippen LogP contribution is -2.19. The Morgan fingerprint density at radius 2 is 2.00 bits per heavy atom. The molecule has 0 aliphatic rings. The van der Waals surface area contributed by atoms with Gasteiger partial charge in [-0.3, -0.25) is 0 Å². The maximum atomic E-state index is 9.50. The van der Waals surface area contributed by atoms with Crippen LogP contribution < -0.4 is 5.32 Å². The Bertz CT molecular complexity index is 557. The van der Waals surface area contributed by atoms with Crippen LogP contribution in [0.3, 0.4) is 0 Å². The van der Waals surface area contributed by atoms with E-state index in [0.717, 1.165) is 28.5 Å². The number of hydrogen-bond donors (Lipinski definition) is 3. The summed E-state index contributed by atoms with van der Waals surface area (Å²) in [6.45, 7) is 5.04. The van der Waals surface area contributed by atoms with Crippen LogP contribution in [0.1, 0.15) is 31.3 Å². The highest BCUT2D eigenvalue weighted by atomic mass is 32.1. The summed E-state index contributed by atoms with van der Waals surface area (Å²) in [6, 6.07) is 4.87. The summed E-state index contributed by atoms with van der Waals surface area (Å²) in [5, 5.41) is 32.2. The van der Waals surface area contributed by atoms with Gasteiger partial charge < -0.3 is 15.5 Å². The maximum absolute atomic E-state index is 9.50. The van der Waals surface area contributed by atoms with Gasteiger partial charge in [0.15, 0.2) is 11.5 Å². The average Bonchev–Trinajstić information content (AvgIpc) is 2.88. The zero-order chi connectivity index (χ0) is 13.8. The van der Waals surface area contributed by atoms with E-state index in [-0.39, 0.29) is 17.5 Å². The standard InChI is InChI=1S/C13H17N3O2S/c1-3-9(14-4-2)13-16-15-12(19-13)8-5-6-10(17)11(18)7-8/h5-7,9,14,17-18H,3-4H2,1-2H3. The van der Waals surface area contributed by atoms with Gasteiger partial charge >= 0.3 is 0 Å². The molecule has 0 amide bonds. The molecule has 2 aromatic rings.